The number of nitrogens with one attached hydrogen (secondary N) is 1. The summed E-state index contributed by atoms with van der Waals surface area (Å²) < 4.78 is 5.26. The Kier molecular flexibility index (Phi) is 5.46. The molecule has 2 aromatic carbocycles. The summed E-state index contributed by atoms with van der Waals surface area (Å²) in [6.07, 6.45) is 3.88. The van der Waals surface area contributed by atoms with Crippen LogP contribution in [0.25, 0.3) is 0 Å². The van der Waals surface area contributed by atoms with Gasteiger partial charge in [0.25, 0.3) is 17.7 Å². The zero-order valence-electron chi connectivity index (χ0n) is 18.4. The third-order valence-corrected chi connectivity index (χ3v) is 6.40. The topological polar surface area (TPSA) is 82.9 Å². The van der Waals surface area contributed by atoms with Crippen molar-refractivity contribution in [2.24, 2.45) is 5.92 Å². The van der Waals surface area contributed by atoms with Crippen LogP contribution in [-0.4, -0.2) is 35.7 Å². The smallest absolute Gasteiger partial charge is 0.261 e. The van der Waals surface area contributed by atoms with Crippen molar-refractivity contribution in [1.29, 1.82) is 0 Å². The van der Waals surface area contributed by atoms with Crippen LogP contribution in [0.15, 0.2) is 65.3 Å². The van der Waals surface area contributed by atoms with E-state index >= 15 is 0 Å². The number of amides is 3. The molecule has 33 heavy (non-hydrogen) atoms. The van der Waals surface area contributed by atoms with Crippen molar-refractivity contribution in [3.05, 3.63) is 83.3 Å². The van der Waals surface area contributed by atoms with Gasteiger partial charge in [0.1, 0.15) is 5.76 Å². The Morgan fingerprint density at radius 2 is 1.73 bits per heavy atom. The summed E-state index contributed by atoms with van der Waals surface area (Å²) >= 11 is 0. The van der Waals surface area contributed by atoms with Gasteiger partial charge < -0.3 is 14.6 Å². The van der Waals surface area contributed by atoms with Crippen molar-refractivity contribution >= 4 is 29.1 Å². The minimum Gasteiger partial charge on any atom is -0.467 e. The second kappa shape index (κ2) is 8.58. The maximum atomic E-state index is 12.8. The number of imide groups is 1. The molecule has 3 aromatic rings. The first-order valence-electron chi connectivity index (χ1n) is 11.2. The highest BCUT2D eigenvalue weighted by atomic mass is 16.3. The number of hydrogen-bond donors (Lipinski definition) is 1. The first-order chi connectivity index (χ1) is 16.0. The molecule has 0 unspecified atom stereocenters. The van der Waals surface area contributed by atoms with Crippen molar-refractivity contribution in [3.8, 4) is 0 Å². The van der Waals surface area contributed by atoms with E-state index in [4.69, 9.17) is 4.42 Å². The van der Waals surface area contributed by atoms with E-state index in [1.54, 1.807) is 18.2 Å². The van der Waals surface area contributed by atoms with Crippen LogP contribution in [0.2, 0.25) is 0 Å². The summed E-state index contributed by atoms with van der Waals surface area (Å²) in [5.74, 6) is 0.140. The summed E-state index contributed by atoms with van der Waals surface area (Å²) in [5.41, 5.74) is 2.68. The third-order valence-electron chi connectivity index (χ3n) is 6.40. The first-order valence-corrected chi connectivity index (χ1v) is 11.2. The summed E-state index contributed by atoms with van der Waals surface area (Å²) in [6, 6.07) is 15.8. The quantitative estimate of drug-likeness (QED) is 0.585. The molecule has 0 atom stereocenters. The largest absolute Gasteiger partial charge is 0.467 e. The molecule has 1 aromatic heterocycles. The van der Waals surface area contributed by atoms with Crippen LogP contribution in [0.1, 0.15) is 56.6 Å². The number of fused-ring (bicyclic) bond motifs is 1. The number of carbonyl (C=O) groups is 3. The molecule has 7 heteroatoms. The molecule has 5 rings (SSSR count). The normalized spacial score (nSPS) is 16.3. The predicted octanol–water partition coefficient (Wildman–Crippen LogP) is 4.56. The highest BCUT2D eigenvalue weighted by Gasteiger charge is 2.36. The lowest BCUT2D eigenvalue weighted by Gasteiger charge is -2.32. The second-order valence-corrected chi connectivity index (χ2v) is 8.71. The average molecular weight is 444 g/mol. The predicted molar refractivity (Wildman–Crippen MR) is 124 cm³/mol. The fourth-order valence-electron chi connectivity index (χ4n) is 4.36. The van der Waals surface area contributed by atoms with Crippen molar-refractivity contribution < 1.29 is 18.8 Å². The van der Waals surface area contributed by atoms with Gasteiger partial charge in [-0.2, -0.15) is 0 Å². The lowest BCUT2D eigenvalue weighted by Crippen LogP contribution is -2.32. The summed E-state index contributed by atoms with van der Waals surface area (Å²) in [4.78, 5) is 41.8. The number of anilines is 2. The molecule has 1 fully saturated rings. The van der Waals surface area contributed by atoms with Gasteiger partial charge >= 0.3 is 0 Å². The van der Waals surface area contributed by atoms with E-state index in [0.29, 0.717) is 22.6 Å². The van der Waals surface area contributed by atoms with Gasteiger partial charge in [-0.25, -0.2) is 0 Å². The Morgan fingerprint density at radius 1 is 1.00 bits per heavy atom. The van der Waals surface area contributed by atoms with Gasteiger partial charge in [0, 0.05) is 30.0 Å². The van der Waals surface area contributed by atoms with Crippen molar-refractivity contribution in [3.63, 3.8) is 0 Å². The number of benzene rings is 2. The van der Waals surface area contributed by atoms with Gasteiger partial charge in [-0.05, 0) is 73.4 Å². The van der Waals surface area contributed by atoms with E-state index in [-0.39, 0.29) is 23.9 Å². The monoisotopic (exact) mass is 443 g/mol. The van der Waals surface area contributed by atoms with Gasteiger partial charge in [-0.3, -0.25) is 19.3 Å². The van der Waals surface area contributed by atoms with Crippen molar-refractivity contribution in [2.45, 2.75) is 26.3 Å². The molecule has 0 bridgehead atoms. The minimum absolute atomic E-state index is 0.0587. The van der Waals surface area contributed by atoms with E-state index in [2.05, 4.69) is 17.1 Å². The molecule has 0 saturated carbocycles. The van der Waals surface area contributed by atoms with E-state index in [1.165, 1.54) is 31.2 Å². The zero-order chi connectivity index (χ0) is 22.9. The number of piperidine rings is 1. The van der Waals surface area contributed by atoms with Crippen LogP contribution in [0.4, 0.5) is 11.4 Å². The van der Waals surface area contributed by atoms with Crippen LogP contribution in [-0.2, 0) is 6.54 Å². The first kappa shape index (κ1) is 21.0. The van der Waals surface area contributed by atoms with Crippen molar-refractivity contribution in [2.75, 3.05) is 23.3 Å². The number of nitrogens with zero attached hydrogens (tertiary/aromatic N) is 2. The van der Waals surface area contributed by atoms with Gasteiger partial charge in [0.15, 0.2) is 0 Å². The summed E-state index contributed by atoms with van der Waals surface area (Å²) in [6.45, 7) is 4.44. The number of furan rings is 1. The maximum Gasteiger partial charge on any atom is 0.261 e. The van der Waals surface area contributed by atoms with Gasteiger partial charge in [0.2, 0.25) is 0 Å². The van der Waals surface area contributed by atoms with Gasteiger partial charge in [-0.15, -0.1) is 0 Å². The molecule has 0 radical (unpaired) electrons. The van der Waals surface area contributed by atoms with Crippen LogP contribution < -0.4 is 10.2 Å². The third kappa shape index (κ3) is 4.14. The highest BCUT2D eigenvalue weighted by Crippen LogP contribution is 2.27. The standard InChI is InChI=1S/C26H25N3O4/c1-17-10-12-28(13-11-17)20-7-5-19(6-8-20)27-24(30)18-4-9-22-23(15-18)26(32)29(25(22)31)16-21-3-2-14-33-21/h2-9,14-15,17H,10-13,16H2,1H3,(H,27,30). The van der Waals surface area contributed by atoms with Crippen LogP contribution in [0.5, 0.6) is 0 Å². The molecular formula is C26H25N3O4. The minimum atomic E-state index is -0.429. The Labute approximate surface area is 192 Å². The van der Waals surface area contributed by atoms with Crippen LogP contribution >= 0.6 is 0 Å². The lowest BCUT2D eigenvalue weighted by molar-refractivity contribution is 0.0631. The fraction of sp³-hybridized carbons (Fsp3) is 0.269. The zero-order valence-corrected chi connectivity index (χ0v) is 18.4. The fourth-order valence-corrected chi connectivity index (χ4v) is 4.36. The second-order valence-electron chi connectivity index (χ2n) is 8.71. The summed E-state index contributed by atoms with van der Waals surface area (Å²) in [7, 11) is 0. The molecule has 1 saturated heterocycles. The van der Waals surface area contributed by atoms with Gasteiger partial charge in [0.05, 0.1) is 23.9 Å². The Balaban J connectivity index is 1.27. The van der Waals surface area contributed by atoms with E-state index in [0.717, 1.165) is 29.6 Å². The molecule has 2 aliphatic rings. The molecule has 7 nitrogen and oxygen atoms in total. The molecule has 2 aliphatic heterocycles. The highest BCUT2D eigenvalue weighted by molar-refractivity contribution is 6.22. The Morgan fingerprint density at radius 3 is 2.42 bits per heavy atom. The molecule has 168 valence electrons. The Hall–Kier alpha value is -3.87. The molecule has 3 amide bonds. The molecule has 0 aliphatic carbocycles. The van der Waals surface area contributed by atoms with E-state index < -0.39 is 5.91 Å². The van der Waals surface area contributed by atoms with Crippen molar-refractivity contribution in [1.82, 2.24) is 4.90 Å². The average Bonchev–Trinajstić information content (AvgIpc) is 3.43. The molecule has 1 N–H and O–H groups in total. The molecule has 0 spiro atoms. The Bertz CT molecular complexity index is 1190. The molecular weight excluding hydrogens is 418 g/mol. The van der Waals surface area contributed by atoms with E-state index in [9.17, 15) is 14.4 Å². The van der Waals surface area contributed by atoms with E-state index in [1.807, 2.05) is 24.3 Å². The number of rotatable bonds is 5. The maximum absolute atomic E-state index is 12.8. The van der Waals surface area contributed by atoms with Crippen LogP contribution in [0.3, 0.4) is 0 Å². The summed E-state index contributed by atoms with van der Waals surface area (Å²) in [5, 5.41) is 2.88. The SMILES string of the molecule is CC1CCN(c2ccc(NC(=O)c3ccc4c(c3)C(=O)N(Cc3ccco3)C4=O)cc2)CC1. The lowest BCUT2D eigenvalue weighted by atomic mass is 9.99. The number of carbonyl (C=O) groups excluding carboxylic acids is 3. The van der Waals surface area contributed by atoms with Gasteiger partial charge in [-0.1, -0.05) is 6.92 Å². The van der Waals surface area contributed by atoms with Crippen LogP contribution in [0, 0.1) is 5.92 Å². The number of hydrogen-bond acceptors (Lipinski definition) is 5. The molecule has 3 heterocycles.